The molecule has 2 aromatic carbocycles. The van der Waals surface area contributed by atoms with Crippen LogP contribution >= 0.6 is 23.2 Å². The van der Waals surface area contributed by atoms with E-state index in [9.17, 15) is 4.79 Å². The summed E-state index contributed by atoms with van der Waals surface area (Å²) in [5.41, 5.74) is 4.18. The fourth-order valence-corrected chi connectivity index (χ4v) is 3.33. The number of hydrogen-bond donors (Lipinski definition) is 1. The molecule has 0 saturated heterocycles. The van der Waals surface area contributed by atoms with Gasteiger partial charge in [-0.25, -0.2) is 5.43 Å². The first kappa shape index (κ1) is 24.2. The molecule has 0 fully saturated rings. The van der Waals surface area contributed by atoms with Crippen LogP contribution in [0.15, 0.2) is 47.6 Å². The van der Waals surface area contributed by atoms with Crippen LogP contribution in [0.1, 0.15) is 63.0 Å². The van der Waals surface area contributed by atoms with Crippen molar-refractivity contribution in [3.8, 4) is 5.75 Å². The summed E-state index contributed by atoms with van der Waals surface area (Å²) in [6.07, 6.45) is 10.5. The third-order valence-electron chi connectivity index (χ3n) is 4.64. The van der Waals surface area contributed by atoms with E-state index in [0.717, 1.165) is 17.5 Å². The zero-order valence-corrected chi connectivity index (χ0v) is 19.0. The lowest BCUT2D eigenvalue weighted by Gasteiger charge is -2.08. The van der Waals surface area contributed by atoms with E-state index in [-0.39, 0.29) is 12.3 Å². The Labute approximate surface area is 189 Å². The number of carbonyl (C=O) groups is 1. The highest BCUT2D eigenvalue weighted by molar-refractivity contribution is 6.32. The van der Waals surface area contributed by atoms with E-state index in [1.807, 2.05) is 24.3 Å². The van der Waals surface area contributed by atoms with Crippen molar-refractivity contribution < 1.29 is 9.53 Å². The van der Waals surface area contributed by atoms with Crippen LogP contribution in [0.3, 0.4) is 0 Å². The largest absolute Gasteiger partial charge is 0.492 e. The summed E-state index contributed by atoms with van der Waals surface area (Å²) in [5, 5.41) is 5.17. The van der Waals surface area contributed by atoms with Gasteiger partial charge in [0.05, 0.1) is 24.3 Å². The number of nitrogens with one attached hydrogen (secondary N) is 1. The summed E-state index contributed by atoms with van der Waals surface area (Å²) in [7, 11) is 0. The van der Waals surface area contributed by atoms with E-state index in [2.05, 4.69) is 17.5 Å². The summed E-state index contributed by atoms with van der Waals surface area (Å²) in [6.45, 7) is 2.90. The molecule has 2 aromatic rings. The van der Waals surface area contributed by atoms with E-state index >= 15 is 0 Å². The first-order chi connectivity index (χ1) is 14.6. The van der Waals surface area contributed by atoms with Gasteiger partial charge in [0.1, 0.15) is 5.75 Å². The van der Waals surface area contributed by atoms with Gasteiger partial charge in [0.25, 0.3) is 0 Å². The van der Waals surface area contributed by atoms with Gasteiger partial charge in [0.15, 0.2) is 0 Å². The zero-order chi connectivity index (χ0) is 21.6. The number of nitrogens with zero attached hydrogens (tertiary/aromatic N) is 1. The average Bonchev–Trinajstić information content (AvgIpc) is 2.73. The molecule has 4 nitrogen and oxygen atoms in total. The standard InChI is InChI=1S/C24H30Cl2N2O2/c1-2-3-4-5-6-7-8-15-30-23-14-11-20(16-22(23)26)18-27-28-24(29)17-19-9-12-21(25)13-10-19/h9-14,16,18H,2-8,15,17H2,1H3,(H,28,29)/b27-18-. The normalized spacial score (nSPS) is 11.0. The van der Waals surface area contributed by atoms with Crippen molar-refractivity contribution in [1.82, 2.24) is 5.43 Å². The molecule has 0 saturated carbocycles. The molecule has 30 heavy (non-hydrogen) atoms. The maximum Gasteiger partial charge on any atom is 0.244 e. The van der Waals surface area contributed by atoms with Gasteiger partial charge < -0.3 is 4.74 Å². The fourth-order valence-electron chi connectivity index (χ4n) is 2.96. The van der Waals surface area contributed by atoms with Crippen LogP contribution in [0, 0.1) is 0 Å². The van der Waals surface area contributed by atoms with Crippen molar-refractivity contribution in [3.63, 3.8) is 0 Å². The lowest BCUT2D eigenvalue weighted by molar-refractivity contribution is -0.120. The van der Waals surface area contributed by atoms with Gasteiger partial charge >= 0.3 is 0 Å². The van der Waals surface area contributed by atoms with Crippen LogP contribution in [0.2, 0.25) is 10.0 Å². The van der Waals surface area contributed by atoms with E-state index in [4.69, 9.17) is 27.9 Å². The highest BCUT2D eigenvalue weighted by Gasteiger charge is 2.04. The van der Waals surface area contributed by atoms with E-state index < -0.39 is 0 Å². The number of rotatable bonds is 13. The molecule has 0 heterocycles. The van der Waals surface area contributed by atoms with Crippen LogP contribution in [0.4, 0.5) is 0 Å². The molecule has 0 aromatic heterocycles. The molecule has 0 atom stereocenters. The quantitative estimate of drug-likeness (QED) is 0.207. The van der Waals surface area contributed by atoms with Gasteiger partial charge in [0, 0.05) is 5.02 Å². The molecule has 1 amide bonds. The summed E-state index contributed by atoms with van der Waals surface area (Å²) in [5.74, 6) is 0.473. The second-order valence-electron chi connectivity index (χ2n) is 7.26. The van der Waals surface area contributed by atoms with Crippen molar-refractivity contribution in [2.45, 2.75) is 58.3 Å². The van der Waals surface area contributed by atoms with Crippen LogP contribution in [-0.4, -0.2) is 18.7 Å². The highest BCUT2D eigenvalue weighted by atomic mass is 35.5. The fraction of sp³-hybridized carbons (Fsp3) is 0.417. The van der Waals surface area contributed by atoms with Crippen molar-refractivity contribution in [2.75, 3.05) is 6.61 Å². The molecule has 162 valence electrons. The summed E-state index contributed by atoms with van der Waals surface area (Å²) in [4.78, 5) is 11.9. The van der Waals surface area contributed by atoms with Gasteiger partial charge in [-0.15, -0.1) is 0 Å². The highest BCUT2D eigenvalue weighted by Crippen LogP contribution is 2.25. The van der Waals surface area contributed by atoms with Gasteiger partial charge in [0.2, 0.25) is 5.91 Å². The SMILES string of the molecule is CCCCCCCCCOc1ccc(/C=N\NC(=O)Cc2ccc(Cl)cc2)cc1Cl. The minimum Gasteiger partial charge on any atom is -0.492 e. The van der Waals surface area contributed by atoms with Crippen molar-refractivity contribution in [1.29, 1.82) is 0 Å². The molecule has 0 aliphatic rings. The lowest BCUT2D eigenvalue weighted by Crippen LogP contribution is -2.19. The monoisotopic (exact) mass is 448 g/mol. The number of benzene rings is 2. The molecule has 0 radical (unpaired) electrons. The Morgan fingerprint density at radius 3 is 2.40 bits per heavy atom. The smallest absolute Gasteiger partial charge is 0.244 e. The molecule has 0 aliphatic carbocycles. The molecular formula is C24H30Cl2N2O2. The predicted octanol–water partition coefficient (Wildman–Crippen LogP) is 6.82. The Hall–Kier alpha value is -2.04. The summed E-state index contributed by atoms with van der Waals surface area (Å²) < 4.78 is 5.78. The lowest BCUT2D eigenvalue weighted by atomic mass is 10.1. The van der Waals surface area contributed by atoms with E-state index in [0.29, 0.717) is 22.4 Å². The summed E-state index contributed by atoms with van der Waals surface area (Å²) >= 11 is 12.1. The maximum atomic E-state index is 11.9. The molecular weight excluding hydrogens is 419 g/mol. The molecule has 0 bridgehead atoms. The van der Waals surface area contributed by atoms with Crippen LogP contribution < -0.4 is 10.2 Å². The van der Waals surface area contributed by atoms with E-state index in [1.165, 1.54) is 38.5 Å². The second kappa shape index (κ2) is 14.1. The zero-order valence-electron chi connectivity index (χ0n) is 17.5. The van der Waals surface area contributed by atoms with E-state index in [1.54, 1.807) is 24.4 Å². The van der Waals surface area contributed by atoms with Crippen molar-refractivity contribution >= 4 is 35.3 Å². The Kier molecular flexibility index (Phi) is 11.3. The number of carbonyl (C=O) groups excluding carboxylic acids is 1. The maximum absolute atomic E-state index is 11.9. The number of ether oxygens (including phenoxy) is 1. The van der Waals surface area contributed by atoms with Gasteiger partial charge in [-0.05, 0) is 47.9 Å². The summed E-state index contributed by atoms with van der Waals surface area (Å²) in [6, 6.07) is 12.6. The van der Waals surface area contributed by atoms with Crippen LogP contribution in [0.5, 0.6) is 5.75 Å². The Balaban J connectivity index is 1.69. The number of hydrogen-bond acceptors (Lipinski definition) is 3. The minimum absolute atomic E-state index is 0.200. The second-order valence-corrected chi connectivity index (χ2v) is 8.10. The van der Waals surface area contributed by atoms with Gasteiger partial charge in [-0.3, -0.25) is 4.79 Å². The topological polar surface area (TPSA) is 50.7 Å². The predicted molar refractivity (Wildman–Crippen MR) is 126 cm³/mol. The molecule has 1 N–H and O–H groups in total. The Morgan fingerprint density at radius 2 is 1.70 bits per heavy atom. The Morgan fingerprint density at radius 1 is 1.00 bits per heavy atom. The molecule has 0 spiro atoms. The van der Waals surface area contributed by atoms with Crippen LogP contribution in [-0.2, 0) is 11.2 Å². The molecule has 6 heteroatoms. The van der Waals surface area contributed by atoms with Crippen molar-refractivity contribution in [3.05, 3.63) is 63.6 Å². The third-order valence-corrected chi connectivity index (χ3v) is 5.19. The number of unbranched alkanes of at least 4 members (excludes halogenated alkanes) is 6. The average molecular weight is 449 g/mol. The third kappa shape index (κ3) is 9.64. The molecule has 2 rings (SSSR count). The number of amides is 1. The van der Waals surface area contributed by atoms with Gasteiger partial charge in [-0.1, -0.05) is 80.8 Å². The van der Waals surface area contributed by atoms with Crippen molar-refractivity contribution in [2.24, 2.45) is 5.10 Å². The number of hydrazone groups is 1. The molecule has 0 aliphatic heterocycles. The minimum atomic E-state index is -0.200. The molecule has 0 unspecified atom stereocenters. The Bertz CT molecular complexity index is 807. The van der Waals surface area contributed by atoms with Gasteiger partial charge in [-0.2, -0.15) is 5.10 Å². The first-order valence-corrected chi connectivity index (χ1v) is 11.3. The number of halogens is 2. The first-order valence-electron chi connectivity index (χ1n) is 10.6. The van der Waals surface area contributed by atoms with Crippen LogP contribution in [0.25, 0.3) is 0 Å².